The van der Waals surface area contributed by atoms with E-state index in [2.05, 4.69) is 10.3 Å². The van der Waals surface area contributed by atoms with Gasteiger partial charge in [-0.05, 0) is 30.7 Å². The van der Waals surface area contributed by atoms with E-state index in [-0.39, 0.29) is 5.91 Å². The summed E-state index contributed by atoms with van der Waals surface area (Å²) in [5, 5.41) is 4.68. The maximum atomic E-state index is 13.4. The number of nitrogens with one attached hydrogen (secondary N) is 1. The lowest BCUT2D eigenvalue weighted by molar-refractivity contribution is -0.118. The van der Waals surface area contributed by atoms with Crippen LogP contribution in [0.4, 0.5) is 10.5 Å². The molecule has 2 aliphatic heterocycles. The Hall–Kier alpha value is -3.03. The van der Waals surface area contributed by atoms with Crippen LogP contribution in [0.3, 0.4) is 0 Å². The monoisotopic (exact) mass is 451 g/mol. The fourth-order valence-electron chi connectivity index (χ4n) is 3.98. The molecule has 6 nitrogen and oxygen atoms in total. The first-order valence-electron chi connectivity index (χ1n) is 9.68. The number of carbonyl (C=O) groups excluding carboxylic acids is 2. The number of hydrogen-bond acceptors (Lipinski definition) is 5. The fraction of sp³-hybridized carbons (Fsp3) is 0.174. The zero-order chi connectivity index (χ0) is 21.7. The van der Waals surface area contributed by atoms with Gasteiger partial charge in [-0.15, -0.1) is 11.8 Å². The van der Waals surface area contributed by atoms with Crippen molar-refractivity contribution in [3.05, 3.63) is 71.0 Å². The van der Waals surface area contributed by atoms with Gasteiger partial charge < -0.3 is 10.1 Å². The average Bonchev–Trinajstić information content (AvgIpc) is 3.18. The first-order chi connectivity index (χ1) is 15.0. The van der Waals surface area contributed by atoms with Crippen molar-refractivity contribution in [1.29, 1.82) is 0 Å². The van der Waals surface area contributed by atoms with E-state index in [1.807, 2.05) is 49.4 Å². The smallest absolute Gasteiger partial charge is 0.329 e. The quantitative estimate of drug-likeness (QED) is 0.620. The molecule has 5 rings (SSSR count). The molecular formula is C23H18ClN3O3S. The van der Waals surface area contributed by atoms with Crippen molar-refractivity contribution in [3.8, 4) is 5.75 Å². The predicted molar refractivity (Wildman–Crippen MR) is 124 cm³/mol. The van der Waals surface area contributed by atoms with Crippen LogP contribution in [-0.2, 0) is 4.79 Å². The number of aromatic nitrogens is 1. The van der Waals surface area contributed by atoms with Gasteiger partial charge in [0.1, 0.15) is 11.0 Å². The second-order valence-electron chi connectivity index (χ2n) is 7.40. The van der Waals surface area contributed by atoms with Gasteiger partial charge in [0, 0.05) is 32.5 Å². The number of amides is 3. The third-order valence-corrected chi connectivity index (χ3v) is 7.18. The molecule has 31 heavy (non-hydrogen) atoms. The zero-order valence-corrected chi connectivity index (χ0v) is 18.3. The topological polar surface area (TPSA) is 71.5 Å². The van der Waals surface area contributed by atoms with E-state index in [0.717, 1.165) is 32.6 Å². The highest BCUT2D eigenvalue weighted by Crippen LogP contribution is 2.46. The van der Waals surface area contributed by atoms with Gasteiger partial charge in [0.15, 0.2) is 0 Å². The summed E-state index contributed by atoms with van der Waals surface area (Å²) in [6.45, 7) is 1.92. The number of hydrogen-bond donors (Lipinski definition) is 1. The van der Waals surface area contributed by atoms with Gasteiger partial charge in [0.2, 0.25) is 0 Å². The summed E-state index contributed by atoms with van der Waals surface area (Å²) in [6, 6.07) is 10.4. The maximum Gasteiger partial charge on any atom is 0.329 e. The number of pyridine rings is 1. The number of halogens is 1. The van der Waals surface area contributed by atoms with Crippen LogP contribution in [0, 0.1) is 6.92 Å². The first kappa shape index (κ1) is 19.9. The minimum atomic E-state index is -0.491. The van der Waals surface area contributed by atoms with Crippen molar-refractivity contribution in [1.82, 2.24) is 10.3 Å². The van der Waals surface area contributed by atoms with Crippen LogP contribution in [0.5, 0.6) is 5.75 Å². The van der Waals surface area contributed by atoms with Crippen molar-refractivity contribution in [2.75, 3.05) is 12.0 Å². The molecule has 1 aromatic heterocycles. The molecule has 0 spiro atoms. The molecule has 0 aliphatic carbocycles. The van der Waals surface area contributed by atoms with E-state index in [9.17, 15) is 9.59 Å². The van der Waals surface area contributed by atoms with Gasteiger partial charge >= 0.3 is 6.03 Å². The van der Waals surface area contributed by atoms with Crippen LogP contribution in [0.1, 0.15) is 11.1 Å². The third-order valence-electron chi connectivity index (χ3n) is 5.51. The van der Waals surface area contributed by atoms with Gasteiger partial charge in [-0.1, -0.05) is 35.9 Å². The summed E-state index contributed by atoms with van der Waals surface area (Å²) in [5.41, 5.74) is 2.18. The van der Waals surface area contributed by atoms with Gasteiger partial charge in [-0.2, -0.15) is 0 Å². The molecule has 3 amide bonds. The summed E-state index contributed by atoms with van der Waals surface area (Å²) in [7, 11) is 1.61. The average molecular weight is 452 g/mol. The number of methoxy groups -OCH3 is 1. The number of benzene rings is 2. The van der Waals surface area contributed by atoms with Crippen molar-refractivity contribution in [3.63, 3.8) is 0 Å². The fourth-order valence-corrected chi connectivity index (χ4v) is 5.65. The summed E-state index contributed by atoms with van der Waals surface area (Å²) >= 11 is 7.89. The molecule has 0 saturated carbocycles. The largest absolute Gasteiger partial charge is 0.496 e. The normalized spacial score (nSPS) is 20.5. The zero-order valence-electron chi connectivity index (χ0n) is 16.8. The van der Waals surface area contributed by atoms with Crippen LogP contribution in [-0.4, -0.2) is 35.3 Å². The van der Waals surface area contributed by atoms with E-state index in [4.69, 9.17) is 16.3 Å². The molecule has 1 fully saturated rings. The lowest BCUT2D eigenvalue weighted by atomic mass is 10.1. The maximum absolute atomic E-state index is 13.4. The Morgan fingerprint density at radius 2 is 2.00 bits per heavy atom. The number of carbonyl (C=O) groups is 2. The van der Waals surface area contributed by atoms with Gasteiger partial charge in [-0.3, -0.25) is 9.78 Å². The number of anilines is 1. The van der Waals surface area contributed by atoms with Crippen molar-refractivity contribution in [2.24, 2.45) is 0 Å². The van der Waals surface area contributed by atoms with Crippen molar-refractivity contribution < 1.29 is 14.3 Å². The predicted octanol–water partition coefficient (Wildman–Crippen LogP) is 4.79. The number of rotatable bonds is 3. The summed E-state index contributed by atoms with van der Waals surface area (Å²) in [6.07, 6.45) is 5.15. The Balaban J connectivity index is 1.50. The molecule has 2 unspecified atom stereocenters. The summed E-state index contributed by atoms with van der Waals surface area (Å²) in [5.74, 6) is 0.438. The standard InChI is InChI=1S/C23H18ClN3O3S/c1-12-7-16(24)15(8-19(12)30-2)20-9-17-21(31-20)22(28)27(23(29)26-17)18-11-25-10-13-5-3-4-6-14(13)18/h3-11,17,21H,1-2H3,(H,26,29). The van der Waals surface area contributed by atoms with Crippen LogP contribution >= 0.6 is 23.4 Å². The molecule has 156 valence electrons. The Bertz CT molecular complexity index is 1270. The molecule has 2 aromatic carbocycles. The van der Waals surface area contributed by atoms with Gasteiger partial charge in [0.05, 0.1) is 25.0 Å². The molecule has 2 aliphatic rings. The lowest BCUT2D eigenvalue weighted by Crippen LogP contribution is -2.60. The molecular weight excluding hydrogens is 434 g/mol. The van der Waals surface area contributed by atoms with Crippen LogP contribution in [0.2, 0.25) is 5.02 Å². The van der Waals surface area contributed by atoms with Crippen molar-refractivity contribution >= 4 is 56.7 Å². The number of imide groups is 1. The molecule has 3 aromatic rings. The number of nitrogens with zero attached hydrogens (tertiary/aromatic N) is 2. The van der Waals surface area contributed by atoms with Gasteiger partial charge in [-0.25, -0.2) is 9.69 Å². The molecule has 1 N–H and O–H groups in total. The second-order valence-corrected chi connectivity index (χ2v) is 8.99. The highest BCUT2D eigenvalue weighted by Gasteiger charge is 2.45. The Kier molecular flexibility index (Phi) is 4.87. The molecule has 0 bridgehead atoms. The highest BCUT2D eigenvalue weighted by molar-refractivity contribution is 8.09. The van der Waals surface area contributed by atoms with E-state index >= 15 is 0 Å². The molecule has 8 heteroatoms. The second kappa shape index (κ2) is 7.59. The molecule has 3 heterocycles. The Morgan fingerprint density at radius 3 is 2.81 bits per heavy atom. The van der Waals surface area contributed by atoms with Gasteiger partial charge in [0.25, 0.3) is 5.91 Å². The Morgan fingerprint density at radius 1 is 1.19 bits per heavy atom. The van der Waals surface area contributed by atoms with Crippen LogP contribution in [0.25, 0.3) is 15.7 Å². The number of fused-ring (bicyclic) bond motifs is 2. The van der Waals surface area contributed by atoms with Crippen LogP contribution < -0.4 is 15.0 Å². The molecule has 1 saturated heterocycles. The van der Waals surface area contributed by atoms with E-state index < -0.39 is 17.3 Å². The number of urea groups is 1. The van der Waals surface area contributed by atoms with E-state index in [0.29, 0.717) is 10.7 Å². The lowest BCUT2D eigenvalue weighted by Gasteiger charge is -2.33. The first-order valence-corrected chi connectivity index (χ1v) is 10.9. The Labute approximate surface area is 188 Å². The molecule has 0 radical (unpaired) electrons. The van der Waals surface area contributed by atoms with Crippen molar-refractivity contribution in [2.45, 2.75) is 18.2 Å². The van der Waals surface area contributed by atoms with Crippen LogP contribution in [0.15, 0.2) is 54.9 Å². The summed E-state index contributed by atoms with van der Waals surface area (Å²) < 4.78 is 5.43. The van der Waals surface area contributed by atoms with E-state index in [1.165, 1.54) is 16.7 Å². The minimum absolute atomic E-state index is 0.279. The number of aryl methyl sites for hydroxylation is 1. The van der Waals surface area contributed by atoms with E-state index in [1.54, 1.807) is 19.5 Å². The highest BCUT2D eigenvalue weighted by atomic mass is 35.5. The number of ether oxygens (including phenoxy) is 1. The number of thioether (sulfide) groups is 1. The SMILES string of the molecule is COc1cc(C2=CC3NC(=O)N(c4cncc5ccccc45)C(=O)C3S2)c(Cl)cc1C. The summed E-state index contributed by atoms with van der Waals surface area (Å²) in [4.78, 5) is 32.6. The molecule has 2 atom stereocenters. The minimum Gasteiger partial charge on any atom is -0.496 e. The third kappa shape index (κ3) is 3.25.